The van der Waals surface area contributed by atoms with Crippen LogP contribution in [0.3, 0.4) is 0 Å². The van der Waals surface area contributed by atoms with E-state index in [1.165, 1.54) is 6.07 Å². The highest BCUT2D eigenvalue weighted by Gasteiger charge is 2.37. The number of rotatable bonds is 4. The molecule has 4 nitrogen and oxygen atoms in total. The Hall–Kier alpha value is -1.17. The number of benzene rings is 1. The Balaban J connectivity index is 1.86. The molecular weight excluding hydrogens is 257 g/mol. The molecule has 0 aliphatic carbocycles. The molecule has 0 saturated carbocycles. The van der Waals surface area contributed by atoms with Crippen molar-refractivity contribution in [1.29, 1.82) is 0 Å². The minimum absolute atomic E-state index is 0.0176. The second kappa shape index (κ2) is 5.68. The number of ether oxygens (including phenoxy) is 1. The summed E-state index contributed by atoms with van der Waals surface area (Å²) in [6.07, 6.45) is 0. The maximum atomic E-state index is 14.3. The summed E-state index contributed by atoms with van der Waals surface area (Å²) in [6, 6.07) is 5.50. The van der Waals surface area contributed by atoms with Crippen LogP contribution in [-0.2, 0) is 0 Å². The molecular formula is C15H22FN3O. The summed E-state index contributed by atoms with van der Waals surface area (Å²) in [4.78, 5) is 4.95. The Kier molecular flexibility index (Phi) is 3.92. The Morgan fingerprint density at radius 1 is 1.30 bits per heavy atom. The van der Waals surface area contributed by atoms with Gasteiger partial charge in [-0.1, -0.05) is 6.07 Å². The maximum absolute atomic E-state index is 14.3. The highest BCUT2D eigenvalue weighted by molar-refractivity contribution is 5.32. The molecule has 1 aromatic rings. The zero-order chi connectivity index (χ0) is 14.1. The molecule has 0 amide bonds. The summed E-state index contributed by atoms with van der Waals surface area (Å²) in [7, 11) is 3.47. The second-order valence-corrected chi connectivity index (χ2v) is 5.56. The van der Waals surface area contributed by atoms with E-state index in [0.29, 0.717) is 11.8 Å². The molecule has 3 aliphatic rings. The van der Waals surface area contributed by atoms with E-state index in [9.17, 15) is 4.39 Å². The van der Waals surface area contributed by atoms with Crippen LogP contribution in [0.5, 0.6) is 5.75 Å². The van der Waals surface area contributed by atoms with Crippen LogP contribution in [-0.4, -0.2) is 62.7 Å². The van der Waals surface area contributed by atoms with E-state index in [0.717, 1.165) is 38.3 Å². The van der Waals surface area contributed by atoms with Crippen LogP contribution >= 0.6 is 0 Å². The van der Waals surface area contributed by atoms with Crippen LogP contribution in [0.25, 0.3) is 0 Å². The van der Waals surface area contributed by atoms with Gasteiger partial charge in [0.25, 0.3) is 0 Å². The summed E-state index contributed by atoms with van der Waals surface area (Å²) in [6.45, 7) is 5.45. The van der Waals surface area contributed by atoms with E-state index >= 15 is 0 Å². The molecule has 3 aliphatic heterocycles. The standard InChI is InChI=1S/C15H22FN3O/c1-17-15(12-4-3-11(20-2)9-13(12)16)14-10-18-5-7-19(14)8-6-18/h3-4,9,14-15,17H,5-8,10H2,1-2H3. The molecule has 2 atom stereocenters. The van der Waals surface area contributed by atoms with Crippen molar-refractivity contribution in [3.05, 3.63) is 29.6 Å². The fourth-order valence-electron chi connectivity index (χ4n) is 3.42. The van der Waals surface area contributed by atoms with Crippen molar-refractivity contribution in [3.8, 4) is 5.75 Å². The van der Waals surface area contributed by atoms with Gasteiger partial charge >= 0.3 is 0 Å². The third-order valence-corrected chi connectivity index (χ3v) is 4.56. The van der Waals surface area contributed by atoms with Crippen LogP contribution in [0.4, 0.5) is 4.39 Å². The van der Waals surface area contributed by atoms with Crippen molar-refractivity contribution in [2.24, 2.45) is 0 Å². The number of hydrogen-bond donors (Lipinski definition) is 1. The lowest BCUT2D eigenvalue weighted by Crippen LogP contribution is -2.63. The minimum atomic E-state index is -0.193. The first-order chi connectivity index (χ1) is 9.72. The van der Waals surface area contributed by atoms with E-state index < -0.39 is 0 Å². The van der Waals surface area contributed by atoms with Gasteiger partial charge in [-0.15, -0.1) is 0 Å². The predicted molar refractivity (Wildman–Crippen MR) is 76.6 cm³/mol. The third kappa shape index (κ3) is 2.41. The smallest absolute Gasteiger partial charge is 0.131 e. The van der Waals surface area contributed by atoms with Gasteiger partial charge < -0.3 is 10.1 Å². The topological polar surface area (TPSA) is 27.7 Å². The zero-order valence-corrected chi connectivity index (χ0v) is 12.1. The Morgan fingerprint density at radius 2 is 2.05 bits per heavy atom. The number of methoxy groups -OCH3 is 1. The largest absolute Gasteiger partial charge is 0.497 e. The average Bonchev–Trinajstić information content (AvgIpc) is 2.51. The Bertz CT molecular complexity index is 474. The van der Waals surface area contributed by atoms with E-state index in [4.69, 9.17) is 4.74 Å². The second-order valence-electron chi connectivity index (χ2n) is 5.56. The van der Waals surface area contributed by atoms with Gasteiger partial charge in [-0.2, -0.15) is 0 Å². The number of nitrogens with one attached hydrogen (secondary N) is 1. The molecule has 0 spiro atoms. The van der Waals surface area contributed by atoms with Gasteiger partial charge in [-0.05, 0) is 13.1 Å². The lowest BCUT2D eigenvalue weighted by Gasteiger charge is -2.50. The van der Waals surface area contributed by atoms with Gasteiger partial charge in [0.05, 0.1) is 13.2 Å². The number of fused-ring (bicyclic) bond motifs is 3. The van der Waals surface area contributed by atoms with Crippen LogP contribution in [0, 0.1) is 5.82 Å². The minimum Gasteiger partial charge on any atom is -0.497 e. The first kappa shape index (κ1) is 13.8. The molecule has 4 rings (SSSR count). The molecule has 3 heterocycles. The summed E-state index contributed by atoms with van der Waals surface area (Å²) in [5.41, 5.74) is 0.729. The lowest BCUT2D eigenvalue weighted by atomic mass is 9.93. The average molecular weight is 279 g/mol. The monoisotopic (exact) mass is 279 g/mol. The van der Waals surface area contributed by atoms with Crippen LogP contribution in [0.1, 0.15) is 11.6 Å². The number of likely N-dealkylation sites (N-methyl/N-ethyl adjacent to an activating group) is 1. The Labute approximate surface area is 119 Å². The molecule has 1 N–H and O–H groups in total. The van der Waals surface area contributed by atoms with E-state index in [2.05, 4.69) is 15.1 Å². The van der Waals surface area contributed by atoms with Gasteiger partial charge in [0, 0.05) is 50.4 Å². The zero-order valence-electron chi connectivity index (χ0n) is 12.1. The molecule has 20 heavy (non-hydrogen) atoms. The van der Waals surface area contributed by atoms with E-state index in [1.54, 1.807) is 7.11 Å². The number of hydrogen-bond acceptors (Lipinski definition) is 4. The molecule has 2 unspecified atom stereocenters. The lowest BCUT2D eigenvalue weighted by molar-refractivity contribution is -0.00304. The summed E-state index contributed by atoms with van der Waals surface area (Å²) in [5.74, 6) is 0.372. The Morgan fingerprint density at radius 3 is 2.55 bits per heavy atom. The maximum Gasteiger partial charge on any atom is 0.131 e. The van der Waals surface area contributed by atoms with Gasteiger partial charge in [0.2, 0.25) is 0 Å². The number of nitrogens with zero attached hydrogens (tertiary/aromatic N) is 2. The quantitative estimate of drug-likeness (QED) is 0.893. The van der Waals surface area contributed by atoms with Crippen LogP contribution < -0.4 is 10.1 Å². The molecule has 0 aromatic heterocycles. The van der Waals surface area contributed by atoms with Crippen molar-refractivity contribution in [3.63, 3.8) is 0 Å². The first-order valence-electron chi connectivity index (χ1n) is 7.20. The summed E-state index contributed by atoms with van der Waals surface area (Å²) < 4.78 is 19.4. The molecule has 1 aromatic carbocycles. The number of halogens is 1. The molecule has 2 bridgehead atoms. The van der Waals surface area contributed by atoms with Crippen molar-refractivity contribution in [1.82, 2.24) is 15.1 Å². The molecule has 3 saturated heterocycles. The van der Waals surface area contributed by atoms with Crippen molar-refractivity contribution in [2.75, 3.05) is 46.9 Å². The van der Waals surface area contributed by atoms with Gasteiger partial charge in [0.1, 0.15) is 11.6 Å². The van der Waals surface area contributed by atoms with Gasteiger partial charge in [0.15, 0.2) is 0 Å². The first-order valence-corrected chi connectivity index (χ1v) is 7.20. The van der Waals surface area contributed by atoms with Crippen molar-refractivity contribution < 1.29 is 9.13 Å². The highest BCUT2D eigenvalue weighted by Crippen LogP contribution is 2.30. The summed E-state index contributed by atoms with van der Waals surface area (Å²) in [5, 5.41) is 3.30. The third-order valence-electron chi connectivity index (χ3n) is 4.56. The molecule has 3 fully saturated rings. The van der Waals surface area contributed by atoms with Crippen LogP contribution in [0.2, 0.25) is 0 Å². The highest BCUT2D eigenvalue weighted by atomic mass is 19.1. The van der Waals surface area contributed by atoms with Gasteiger partial charge in [-0.3, -0.25) is 9.80 Å². The molecule has 5 heteroatoms. The number of piperazine rings is 3. The predicted octanol–water partition coefficient (Wildman–Crippen LogP) is 1.09. The van der Waals surface area contributed by atoms with Crippen molar-refractivity contribution in [2.45, 2.75) is 12.1 Å². The molecule has 0 radical (unpaired) electrons. The fraction of sp³-hybridized carbons (Fsp3) is 0.600. The fourth-order valence-corrected chi connectivity index (χ4v) is 3.42. The van der Waals surface area contributed by atoms with E-state index in [-0.39, 0.29) is 11.9 Å². The van der Waals surface area contributed by atoms with Crippen molar-refractivity contribution >= 4 is 0 Å². The van der Waals surface area contributed by atoms with E-state index in [1.807, 2.05) is 19.2 Å². The van der Waals surface area contributed by atoms with Gasteiger partial charge in [-0.25, -0.2) is 4.39 Å². The normalized spacial score (nSPS) is 30.2. The molecule has 110 valence electrons. The summed E-state index contributed by atoms with van der Waals surface area (Å²) >= 11 is 0. The van der Waals surface area contributed by atoms with Crippen LogP contribution in [0.15, 0.2) is 18.2 Å². The SMILES string of the molecule is CNC(c1ccc(OC)cc1F)C1CN2CCN1CC2.